The molecule has 1 heterocycles. The molecule has 24 heavy (non-hydrogen) atoms. The zero-order valence-corrected chi connectivity index (χ0v) is 14.4. The van der Waals surface area contributed by atoms with Gasteiger partial charge in [-0.25, -0.2) is 8.42 Å². The van der Waals surface area contributed by atoms with Crippen molar-refractivity contribution in [2.24, 2.45) is 5.92 Å². The quantitative estimate of drug-likeness (QED) is 0.823. The first-order valence-electron chi connectivity index (χ1n) is 7.81. The Bertz CT molecular complexity index is 682. The zero-order valence-electron chi connectivity index (χ0n) is 13.6. The molecule has 7 nitrogen and oxygen atoms in total. The fourth-order valence-corrected chi connectivity index (χ4v) is 3.92. The Morgan fingerprint density at radius 1 is 1.21 bits per heavy atom. The van der Waals surface area contributed by atoms with Gasteiger partial charge in [-0.05, 0) is 30.9 Å². The van der Waals surface area contributed by atoms with Crippen LogP contribution in [0.5, 0.6) is 0 Å². The summed E-state index contributed by atoms with van der Waals surface area (Å²) in [4.78, 5) is 24.8. The third-order valence-electron chi connectivity index (χ3n) is 4.24. The zero-order chi connectivity index (χ0) is 17.7. The van der Waals surface area contributed by atoms with Crippen molar-refractivity contribution >= 4 is 21.9 Å². The minimum Gasteiger partial charge on any atom is -0.481 e. The van der Waals surface area contributed by atoms with Gasteiger partial charge in [-0.15, -0.1) is 0 Å². The number of aliphatic carboxylic acids is 1. The number of hydrogen-bond acceptors (Lipinski definition) is 4. The molecule has 0 atom stereocenters. The van der Waals surface area contributed by atoms with Crippen LogP contribution < -0.4 is 0 Å². The van der Waals surface area contributed by atoms with E-state index >= 15 is 0 Å². The number of carboxylic acids is 1. The maximum atomic E-state index is 12.4. The maximum absolute atomic E-state index is 12.4. The number of carbonyl (C=O) groups is 2. The minimum atomic E-state index is -3.69. The van der Waals surface area contributed by atoms with E-state index in [9.17, 15) is 18.0 Å². The average molecular weight is 354 g/mol. The van der Waals surface area contributed by atoms with Gasteiger partial charge in [0.1, 0.15) is 0 Å². The molecule has 1 aromatic carbocycles. The molecule has 1 aliphatic rings. The number of piperidine rings is 1. The third-order valence-corrected chi connectivity index (χ3v) is 6.06. The summed E-state index contributed by atoms with van der Waals surface area (Å²) in [5.74, 6) is -1.00. The van der Waals surface area contributed by atoms with E-state index in [1.165, 1.54) is 19.2 Å². The van der Waals surface area contributed by atoms with Crippen LogP contribution in [0.15, 0.2) is 35.2 Å². The number of likely N-dealkylation sites (N-methyl/N-ethyl adjacent to an activating group) is 1. The van der Waals surface area contributed by atoms with E-state index in [0.717, 1.165) is 4.31 Å². The lowest BCUT2D eigenvalue weighted by atomic mass is 9.93. The second-order valence-electron chi connectivity index (χ2n) is 6.00. The Morgan fingerprint density at radius 2 is 1.79 bits per heavy atom. The van der Waals surface area contributed by atoms with Crippen molar-refractivity contribution in [1.82, 2.24) is 9.21 Å². The molecule has 0 aliphatic carbocycles. The van der Waals surface area contributed by atoms with Crippen molar-refractivity contribution in [2.75, 3.05) is 26.7 Å². The van der Waals surface area contributed by atoms with Crippen LogP contribution in [0.4, 0.5) is 0 Å². The van der Waals surface area contributed by atoms with Gasteiger partial charge in [0.15, 0.2) is 0 Å². The summed E-state index contributed by atoms with van der Waals surface area (Å²) in [6, 6.07) is 7.98. The molecule has 1 saturated heterocycles. The van der Waals surface area contributed by atoms with Crippen molar-refractivity contribution in [3.63, 3.8) is 0 Å². The highest BCUT2D eigenvalue weighted by Crippen LogP contribution is 2.21. The number of hydrogen-bond donors (Lipinski definition) is 1. The Labute approximate surface area is 141 Å². The molecule has 1 aromatic rings. The van der Waals surface area contributed by atoms with Crippen LogP contribution in [0.25, 0.3) is 0 Å². The molecule has 0 aromatic heterocycles. The van der Waals surface area contributed by atoms with Gasteiger partial charge in [0, 0.05) is 26.6 Å². The van der Waals surface area contributed by atoms with Crippen LogP contribution in [-0.2, 0) is 19.6 Å². The van der Waals surface area contributed by atoms with Crippen LogP contribution in [-0.4, -0.2) is 61.3 Å². The SMILES string of the molecule is CN(CC(=O)N1CCC(CC(=O)O)CC1)S(=O)(=O)c1ccccc1. The van der Waals surface area contributed by atoms with E-state index in [0.29, 0.717) is 25.9 Å². The summed E-state index contributed by atoms with van der Waals surface area (Å²) in [5.41, 5.74) is 0. The van der Waals surface area contributed by atoms with Crippen molar-refractivity contribution in [1.29, 1.82) is 0 Å². The summed E-state index contributed by atoms with van der Waals surface area (Å²) in [5, 5.41) is 8.80. The summed E-state index contributed by atoms with van der Waals surface area (Å²) in [6.07, 6.45) is 1.38. The van der Waals surface area contributed by atoms with Crippen LogP contribution >= 0.6 is 0 Å². The van der Waals surface area contributed by atoms with Gasteiger partial charge in [-0.3, -0.25) is 9.59 Å². The molecule has 2 rings (SSSR count). The Kier molecular flexibility index (Phi) is 5.95. The van der Waals surface area contributed by atoms with E-state index in [4.69, 9.17) is 5.11 Å². The molecule has 1 amide bonds. The molecular weight excluding hydrogens is 332 g/mol. The number of amides is 1. The van der Waals surface area contributed by atoms with Crippen molar-refractivity contribution < 1.29 is 23.1 Å². The van der Waals surface area contributed by atoms with E-state index in [1.54, 1.807) is 23.1 Å². The molecule has 132 valence electrons. The third kappa shape index (κ3) is 4.55. The molecule has 1 N–H and O–H groups in total. The molecule has 1 fully saturated rings. The number of nitrogens with zero attached hydrogens (tertiary/aromatic N) is 2. The predicted molar refractivity (Wildman–Crippen MR) is 87.8 cm³/mol. The fraction of sp³-hybridized carbons (Fsp3) is 0.500. The van der Waals surface area contributed by atoms with Gasteiger partial charge < -0.3 is 10.0 Å². The Balaban J connectivity index is 1.92. The number of carboxylic acid groups (broad SMARTS) is 1. The molecule has 0 saturated carbocycles. The lowest BCUT2D eigenvalue weighted by molar-refractivity contribution is -0.138. The van der Waals surface area contributed by atoms with E-state index < -0.39 is 16.0 Å². The topological polar surface area (TPSA) is 95.0 Å². The number of benzene rings is 1. The molecule has 0 bridgehead atoms. The van der Waals surface area contributed by atoms with Crippen LogP contribution in [0.1, 0.15) is 19.3 Å². The minimum absolute atomic E-state index is 0.0809. The van der Waals surface area contributed by atoms with Crippen molar-refractivity contribution in [2.45, 2.75) is 24.2 Å². The van der Waals surface area contributed by atoms with Gasteiger partial charge in [-0.2, -0.15) is 4.31 Å². The second kappa shape index (κ2) is 7.76. The highest BCUT2D eigenvalue weighted by Gasteiger charge is 2.28. The maximum Gasteiger partial charge on any atom is 0.303 e. The van der Waals surface area contributed by atoms with E-state index in [2.05, 4.69) is 0 Å². The van der Waals surface area contributed by atoms with E-state index in [-0.39, 0.29) is 29.7 Å². The van der Waals surface area contributed by atoms with Gasteiger partial charge in [-0.1, -0.05) is 18.2 Å². The standard InChI is InChI=1S/C16H22N2O5S/c1-17(24(22,23)14-5-3-2-4-6-14)12-15(19)18-9-7-13(8-10-18)11-16(20)21/h2-6,13H,7-12H2,1H3,(H,20,21). The number of rotatable bonds is 6. The lowest BCUT2D eigenvalue weighted by Crippen LogP contribution is -2.44. The van der Waals surface area contributed by atoms with Crippen LogP contribution in [0.2, 0.25) is 0 Å². The van der Waals surface area contributed by atoms with Crippen LogP contribution in [0, 0.1) is 5.92 Å². The molecule has 0 unspecified atom stereocenters. The molecule has 1 aliphatic heterocycles. The van der Waals surface area contributed by atoms with Crippen molar-refractivity contribution in [3.8, 4) is 0 Å². The van der Waals surface area contributed by atoms with Crippen molar-refractivity contribution in [3.05, 3.63) is 30.3 Å². The Hall–Kier alpha value is -1.93. The lowest BCUT2D eigenvalue weighted by Gasteiger charge is -2.32. The summed E-state index contributed by atoms with van der Waals surface area (Å²) < 4.78 is 25.9. The number of carbonyl (C=O) groups excluding carboxylic acids is 1. The van der Waals surface area contributed by atoms with Gasteiger partial charge >= 0.3 is 5.97 Å². The summed E-state index contributed by atoms with van der Waals surface area (Å²) in [7, 11) is -2.30. The largest absolute Gasteiger partial charge is 0.481 e. The highest BCUT2D eigenvalue weighted by molar-refractivity contribution is 7.89. The number of sulfonamides is 1. The first kappa shape index (κ1) is 18.4. The van der Waals surface area contributed by atoms with Gasteiger partial charge in [0.05, 0.1) is 11.4 Å². The molecule has 8 heteroatoms. The molecule has 0 radical (unpaired) electrons. The van der Waals surface area contributed by atoms with E-state index in [1.807, 2.05) is 0 Å². The fourth-order valence-electron chi connectivity index (χ4n) is 2.78. The molecule has 0 spiro atoms. The summed E-state index contributed by atoms with van der Waals surface area (Å²) >= 11 is 0. The van der Waals surface area contributed by atoms with Crippen LogP contribution in [0.3, 0.4) is 0 Å². The predicted octanol–water partition coefficient (Wildman–Crippen LogP) is 1.02. The van der Waals surface area contributed by atoms with Gasteiger partial charge in [0.25, 0.3) is 0 Å². The molecular formula is C16H22N2O5S. The smallest absolute Gasteiger partial charge is 0.303 e. The monoisotopic (exact) mass is 354 g/mol. The average Bonchev–Trinajstić information content (AvgIpc) is 2.55. The highest BCUT2D eigenvalue weighted by atomic mass is 32.2. The first-order valence-corrected chi connectivity index (χ1v) is 9.25. The Morgan fingerprint density at radius 3 is 2.33 bits per heavy atom. The summed E-state index contributed by atoms with van der Waals surface area (Å²) in [6.45, 7) is 0.715. The number of likely N-dealkylation sites (tertiary alicyclic amines) is 1. The first-order chi connectivity index (χ1) is 11.3. The second-order valence-corrected chi connectivity index (χ2v) is 8.04. The normalized spacial score (nSPS) is 16.3. The van der Waals surface area contributed by atoms with Gasteiger partial charge in [0.2, 0.25) is 15.9 Å².